The molecule has 1 saturated heterocycles. The van der Waals surface area contributed by atoms with Crippen molar-refractivity contribution in [1.29, 1.82) is 0 Å². The first-order valence-electron chi connectivity index (χ1n) is 13.9. The van der Waals surface area contributed by atoms with Gasteiger partial charge in [-0.1, -0.05) is 0 Å². The van der Waals surface area contributed by atoms with Crippen LogP contribution in [0.3, 0.4) is 0 Å². The second-order valence-corrected chi connectivity index (χ2v) is 11.5. The Labute approximate surface area is 235 Å². The van der Waals surface area contributed by atoms with Gasteiger partial charge >= 0.3 is 0 Å². The minimum Gasteiger partial charge on any atom is -0.504 e. The molecule has 1 spiro atoms. The largest absolute Gasteiger partial charge is 0.504 e. The summed E-state index contributed by atoms with van der Waals surface area (Å²) in [5.74, 6) is 0.554. The number of phenols is 1. The highest BCUT2D eigenvalue weighted by Gasteiger charge is 2.74. The topological polar surface area (TPSA) is 107 Å². The number of amides is 1. The molecule has 2 aromatic rings. The van der Waals surface area contributed by atoms with E-state index in [1.807, 2.05) is 13.1 Å². The molecule has 3 N–H and O–H groups in total. The van der Waals surface area contributed by atoms with E-state index in [4.69, 9.17) is 14.3 Å². The summed E-state index contributed by atoms with van der Waals surface area (Å²) in [6, 6.07) is 4.02. The number of piperidine rings is 1. The van der Waals surface area contributed by atoms with Crippen molar-refractivity contribution in [2.45, 2.75) is 87.6 Å². The molecule has 2 bridgehead atoms. The maximum Gasteiger partial charge on any atom is 0.246 e. The fourth-order valence-corrected chi connectivity index (χ4v) is 7.88. The van der Waals surface area contributed by atoms with Gasteiger partial charge in [0.2, 0.25) is 5.91 Å². The maximum absolute atomic E-state index is 13.2. The van der Waals surface area contributed by atoms with E-state index in [1.165, 1.54) is 18.4 Å². The van der Waals surface area contributed by atoms with Crippen LogP contribution in [0.25, 0.3) is 6.08 Å². The Morgan fingerprint density at radius 2 is 2.03 bits per heavy atom. The molecule has 212 valence electrons. The summed E-state index contributed by atoms with van der Waals surface area (Å²) in [4.78, 5) is 17.5. The van der Waals surface area contributed by atoms with Gasteiger partial charge in [0.25, 0.3) is 0 Å². The summed E-state index contributed by atoms with van der Waals surface area (Å²) in [5, 5.41) is 31.1. The fourth-order valence-electron chi connectivity index (χ4n) is 7.88. The van der Waals surface area contributed by atoms with Crippen molar-refractivity contribution in [2.75, 3.05) is 20.2 Å². The van der Waals surface area contributed by atoms with Gasteiger partial charge in [-0.25, -0.2) is 0 Å². The molecule has 9 heteroatoms. The Bertz CT molecular complexity index is 1260. The Balaban J connectivity index is 0.000000739. The predicted molar refractivity (Wildman–Crippen MR) is 149 cm³/mol. The quantitative estimate of drug-likeness (QED) is 0.493. The predicted octanol–water partition coefficient (Wildman–Crippen LogP) is 3.57. The van der Waals surface area contributed by atoms with E-state index in [0.29, 0.717) is 24.6 Å². The van der Waals surface area contributed by atoms with Crippen molar-refractivity contribution in [3.05, 3.63) is 53.0 Å². The van der Waals surface area contributed by atoms with Gasteiger partial charge in [0, 0.05) is 42.9 Å². The summed E-state index contributed by atoms with van der Waals surface area (Å²) >= 11 is 0. The number of hydrogen-bond acceptors (Lipinski definition) is 7. The molecular weight excluding hydrogens is 520 g/mol. The molecular formula is C30H39ClN2O6. The van der Waals surface area contributed by atoms with Gasteiger partial charge in [-0.05, 0) is 88.3 Å². The molecule has 5 atom stereocenters. The molecule has 5 aliphatic rings. The van der Waals surface area contributed by atoms with Gasteiger partial charge in [0.05, 0.1) is 29.6 Å². The molecule has 8 nitrogen and oxygen atoms in total. The monoisotopic (exact) mass is 558 g/mol. The number of aliphatic hydroxyl groups is 2. The van der Waals surface area contributed by atoms with Crippen LogP contribution in [0, 0.1) is 6.92 Å². The first kappa shape index (κ1) is 28.0. The number of hydrogen-bond donors (Lipinski definition) is 3. The lowest BCUT2D eigenvalue weighted by Gasteiger charge is -2.65. The summed E-state index contributed by atoms with van der Waals surface area (Å²) in [7, 11) is 1.83. The number of rotatable bonds is 4. The van der Waals surface area contributed by atoms with Crippen LogP contribution in [-0.2, 0) is 16.6 Å². The summed E-state index contributed by atoms with van der Waals surface area (Å²) in [6.07, 6.45) is 11.3. The zero-order valence-corrected chi connectivity index (χ0v) is 23.6. The van der Waals surface area contributed by atoms with Crippen molar-refractivity contribution in [3.63, 3.8) is 0 Å². The smallest absolute Gasteiger partial charge is 0.246 e. The van der Waals surface area contributed by atoms with Crippen LogP contribution in [0.2, 0.25) is 0 Å². The number of aromatic hydroxyl groups is 1. The van der Waals surface area contributed by atoms with Crippen LogP contribution < -0.4 is 4.74 Å². The first-order chi connectivity index (χ1) is 18.3. The SMILES string of the molecule is CCO.Cc1cc(O)c2c3c1C[C@H]1N(C4CC4)CC[C@@]34[C@@H](O2)[C@H](N(C)C(=O)/C=C/c2ccoc2)CC[C@@]14O.Cl. The van der Waals surface area contributed by atoms with Crippen LogP contribution >= 0.6 is 12.4 Å². The average molecular weight is 559 g/mol. The van der Waals surface area contributed by atoms with Crippen molar-refractivity contribution in [1.82, 2.24) is 9.80 Å². The maximum atomic E-state index is 13.2. The molecule has 3 aliphatic carbocycles. The third-order valence-corrected chi connectivity index (χ3v) is 9.65. The van der Waals surface area contributed by atoms with E-state index >= 15 is 0 Å². The fraction of sp³-hybridized carbons (Fsp3) is 0.567. The number of ether oxygens (including phenoxy) is 1. The molecule has 2 saturated carbocycles. The average Bonchev–Trinajstić information content (AvgIpc) is 3.46. The molecule has 3 fully saturated rings. The van der Waals surface area contributed by atoms with Gasteiger partial charge in [-0.3, -0.25) is 9.69 Å². The third-order valence-electron chi connectivity index (χ3n) is 9.65. The molecule has 1 aromatic carbocycles. The Hall–Kier alpha value is -2.52. The minimum atomic E-state index is -0.940. The first-order valence-corrected chi connectivity index (χ1v) is 13.9. The van der Waals surface area contributed by atoms with Gasteiger partial charge < -0.3 is 29.4 Å². The number of benzene rings is 1. The van der Waals surface area contributed by atoms with E-state index < -0.39 is 17.1 Å². The van der Waals surface area contributed by atoms with E-state index in [9.17, 15) is 15.0 Å². The van der Waals surface area contributed by atoms with E-state index in [1.54, 1.807) is 42.6 Å². The van der Waals surface area contributed by atoms with Crippen LogP contribution in [0.5, 0.6) is 11.5 Å². The van der Waals surface area contributed by atoms with Gasteiger partial charge in [-0.15, -0.1) is 12.4 Å². The molecule has 0 radical (unpaired) electrons. The highest BCUT2D eigenvalue weighted by molar-refractivity contribution is 5.92. The van der Waals surface area contributed by atoms with E-state index in [2.05, 4.69) is 11.8 Å². The van der Waals surface area contributed by atoms with Crippen LogP contribution in [-0.4, -0.2) is 81.1 Å². The molecule has 39 heavy (non-hydrogen) atoms. The van der Waals surface area contributed by atoms with Crippen LogP contribution in [0.4, 0.5) is 0 Å². The summed E-state index contributed by atoms with van der Waals surface area (Å²) < 4.78 is 11.7. The molecule has 0 unspecified atom stereocenters. The Morgan fingerprint density at radius 3 is 2.69 bits per heavy atom. The molecule has 7 rings (SSSR count). The summed E-state index contributed by atoms with van der Waals surface area (Å²) in [6.45, 7) is 4.90. The number of carbonyl (C=O) groups is 1. The number of furan rings is 1. The van der Waals surface area contributed by atoms with Gasteiger partial charge in [0.1, 0.15) is 6.10 Å². The number of likely N-dealkylation sites (tertiary alicyclic amines) is 1. The van der Waals surface area contributed by atoms with Gasteiger partial charge in [-0.2, -0.15) is 0 Å². The Morgan fingerprint density at radius 1 is 1.28 bits per heavy atom. The highest BCUT2D eigenvalue weighted by atomic mass is 35.5. The number of aryl methyl sites for hydroxylation is 1. The zero-order chi connectivity index (χ0) is 26.8. The molecule has 2 aliphatic heterocycles. The number of phenolic OH excluding ortho intramolecular Hbond substituents is 1. The van der Waals surface area contributed by atoms with Crippen molar-refractivity contribution in [3.8, 4) is 11.5 Å². The van der Waals surface area contributed by atoms with Crippen molar-refractivity contribution < 1.29 is 29.3 Å². The lowest BCUT2D eigenvalue weighted by Crippen LogP contribution is -2.78. The van der Waals surface area contributed by atoms with Crippen LogP contribution in [0.1, 0.15) is 61.3 Å². The zero-order valence-electron chi connectivity index (χ0n) is 22.8. The minimum absolute atomic E-state index is 0. The number of halogens is 1. The third kappa shape index (κ3) is 4.02. The normalized spacial score (nSPS) is 32.0. The summed E-state index contributed by atoms with van der Waals surface area (Å²) in [5.41, 5.74) is 2.55. The van der Waals surface area contributed by atoms with Crippen molar-refractivity contribution in [2.24, 2.45) is 0 Å². The van der Waals surface area contributed by atoms with Crippen LogP contribution in [0.15, 0.2) is 35.2 Å². The second kappa shape index (κ2) is 10.1. The standard InChI is InChI=1S/C28H32N2O5.C2H6O.ClH/c1-16-13-21(31)25-24-19(16)14-22-28(33)9-7-20(29(2)23(32)6-3-17-8-12-34-15-17)26(35-25)27(24,28)10-11-30(22)18-4-5-18;1-2-3;/h3,6,8,12-13,15,18,20,22,26,31,33H,4-5,7,9-11,14H2,1-2H3;3H,2H2,1H3;1H/b6-3+;;/t20-,22-,26+,27+,28-;;/m1../s1. The number of nitrogens with zero attached hydrogens (tertiary/aromatic N) is 2. The second-order valence-electron chi connectivity index (χ2n) is 11.5. The number of likely N-dealkylation sites (N-methyl/N-ethyl adjacent to an activating group) is 1. The lowest BCUT2D eigenvalue weighted by atomic mass is 9.48. The van der Waals surface area contributed by atoms with Gasteiger partial charge in [0.15, 0.2) is 11.5 Å². The molecule has 3 heterocycles. The van der Waals surface area contributed by atoms with E-state index in [-0.39, 0.29) is 42.8 Å². The lowest BCUT2D eigenvalue weighted by molar-refractivity contribution is -0.201. The van der Waals surface area contributed by atoms with Crippen molar-refractivity contribution >= 4 is 24.4 Å². The molecule has 1 aromatic heterocycles. The van der Waals surface area contributed by atoms with E-state index in [0.717, 1.165) is 36.1 Å². The highest BCUT2D eigenvalue weighted by Crippen LogP contribution is 2.66. The number of aliphatic hydroxyl groups excluding tert-OH is 1. The number of carbonyl (C=O) groups excluding carboxylic acids is 1. The Kier molecular flexibility index (Phi) is 7.29. The molecule has 1 amide bonds.